The third kappa shape index (κ3) is 54.4. The third-order valence-corrected chi connectivity index (χ3v) is 18.3. The van der Waals surface area contributed by atoms with Crippen LogP contribution in [0, 0.1) is 0 Å². The van der Waals surface area contributed by atoms with Crippen molar-refractivity contribution in [3.8, 4) is 0 Å². The van der Waals surface area contributed by atoms with E-state index in [2.05, 4.69) is 4.90 Å². The lowest BCUT2D eigenvalue weighted by atomic mass is 9.98. The molecule has 0 aromatic rings. The monoisotopic (exact) mass is 1300 g/mol. The third-order valence-electron chi connectivity index (χ3n) is 18.3. The second kappa shape index (κ2) is 59.7. The van der Waals surface area contributed by atoms with Crippen LogP contribution in [0.2, 0.25) is 0 Å². The zero-order chi connectivity index (χ0) is 64.6. The summed E-state index contributed by atoms with van der Waals surface area (Å²) < 4.78 is 28.3. The summed E-state index contributed by atoms with van der Waals surface area (Å²) in [6.45, 7) is 1.75. The van der Waals surface area contributed by atoms with Gasteiger partial charge in [0.05, 0.1) is 6.10 Å². The minimum atomic E-state index is -0.711. The van der Waals surface area contributed by atoms with E-state index in [1.54, 1.807) is 0 Å². The molecule has 0 bridgehead atoms. The number of unbranched alkanes of at least 4 members (excludes halogenated alkanes) is 20. The largest absolute Gasteiger partial charge is 0.481 e. The lowest BCUT2D eigenvalue weighted by Gasteiger charge is -2.21. The van der Waals surface area contributed by atoms with Crippen LogP contribution in [0.25, 0.3) is 0 Å². The standard InChI is InChI=1S/C37H67NO6.C31H56O5.C6H13NO2.ClH/c1-38(2)31-21-30-37(41)44-32(22-13-7-3-5-9-19-28-35(39)42-33-24-15-11-16-25-33)23-14-8-4-6-10-20-29-36(40)43-34-26-17-12-18-27-34;32-27(19-11-5-1-3-7-17-25-30(33)35-28-21-13-9-14-22-28)20-12-6-2-4-8-18-26-31(34)36-29-23-15-10-16-24-29;1-7(2)5-3-4-6(8)9;/h32-34H,3-31H2,1-2H3;27-29,32H,1-26H2;3-5H2,1-2H3,(H,8,9);1H. The molecule has 0 amide bonds. The molecule has 0 atom stereocenters. The zero-order valence-electron chi connectivity index (χ0n) is 58.2. The predicted molar refractivity (Wildman–Crippen MR) is 366 cm³/mol. The van der Waals surface area contributed by atoms with E-state index in [4.69, 9.17) is 28.8 Å². The van der Waals surface area contributed by atoms with Gasteiger partial charge in [-0.05, 0) is 221 Å². The van der Waals surface area contributed by atoms with Crippen LogP contribution in [0.1, 0.15) is 360 Å². The Hall–Kier alpha value is -3.01. The first kappa shape index (κ1) is 85.0. The number of halogens is 1. The Kier molecular flexibility index (Phi) is 56.4. The molecule has 0 aliphatic heterocycles. The molecule has 4 fully saturated rings. The fourth-order valence-electron chi connectivity index (χ4n) is 12.9. The molecule has 4 aliphatic rings. The summed E-state index contributed by atoms with van der Waals surface area (Å²) >= 11 is 0. The molecule has 0 aromatic heterocycles. The van der Waals surface area contributed by atoms with Gasteiger partial charge in [-0.2, -0.15) is 0 Å². The quantitative estimate of drug-likeness (QED) is 0.0331. The minimum Gasteiger partial charge on any atom is -0.481 e. The molecule has 0 spiro atoms. The minimum absolute atomic E-state index is 0. The van der Waals surface area contributed by atoms with E-state index < -0.39 is 5.97 Å². The Morgan fingerprint density at radius 2 is 0.556 bits per heavy atom. The van der Waals surface area contributed by atoms with Gasteiger partial charge in [-0.1, -0.05) is 141 Å². The highest BCUT2D eigenvalue weighted by Gasteiger charge is 2.22. The Bertz CT molecular complexity index is 1630. The maximum Gasteiger partial charge on any atom is 0.306 e. The van der Waals surface area contributed by atoms with E-state index in [1.807, 2.05) is 33.1 Å². The molecular formula is C74H137ClN2O13. The van der Waals surface area contributed by atoms with Crippen molar-refractivity contribution in [1.29, 1.82) is 0 Å². The van der Waals surface area contributed by atoms with E-state index in [0.717, 1.165) is 219 Å². The summed E-state index contributed by atoms with van der Waals surface area (Å²) in [6.07, 6.45) is 58.3. The Morgan fingerprint density at radius 3 is 0.822 bits per heavy atom. The van der Waals surface area contributed by atoms with Crippen molar-refractivity contribution in [1.82, 2.24) is 9.80 Å². The van der Waals surface area contributed by atoms with Crippen LogP contribution in [-0.4, -0.2) is 134 Å². The zero-order valence-corrected chi connectivity index (χ0v) is 59.0. The van der Waals surface area contributed by atoms with Crippen LogP contribution in [0.4, 0.5) is 0 Å². The number of carboxylic acid groups (broad SMARTS) is 1. The number of carboxylic acids is 1. The summed E-state index contributed by atoms with van der Waals surface area (Å²) in [5, 5.41) is 18.4. The normalized spacial score (nSPS) is 16.0. The second-order valence-electron chi connectivity index (χ2n) is 27.6. The number of ether oxygens (including phenoxy) is 5. The van der Waals surface area contributed by atoms with Gasteiger partial charge in [-0.25, -0.2) is 0 Å². The molecule has 16 heteroatoms. The first-order valence-electron chi connectivity index (χ1n) is 37.3. The molecule has 0 saturated heterocycles. The molecule has 4 rings (SSSR count). The number of hydrogen-bond acceptors (Lipinski definition) is 14. The van der Waals surface area contributed by atoms with E-state index in [-0.39, 0.29) is 85.3 Å². The van der Waals surface area contributed by atoms with Gasteiger partial charge in [-0.3, -0.25) is 28.8 Å². The van der Waals surface area contributed by atoms with Gasteiger partial charge < -0.3 is 43.7 Å². The number of carbonyl (C=O) groups is 6. The van der Waals surface area contributed by atoms with Gasteiger partial charge in [0.15, 0.2) is 0 Å². The van der Waals surface area contributed by atoms with Crippen molar-refractivity contribution >= 4 is 48.2 Å². The molecule has 0 aromatic carbocycles. The number of carbonyl (C=O) groups excluding carboxylic acids is 5. The summed E-state index contributed by atoms with van der Waals surface area (Å²) in [4.78, 5) is 74.5. The van der Waals surface area contributed by atoms with E-state index >= 15 is 0 Å². The first-order valence-corrected chi connectivity index (χ1v) is 37.3. The molecular weight excluding hydrogens is 1160 g/mol. The molecule has 90 heavy (non-hydrogen) atoms. The Balaban J connectivity index is 0.000000793. The smallest absolute Gasteiger partial charge is 0.306 e. The molecule has 528 valence electrons. The molecule has 0 unspecified atom stereocenters. The number of hydrogen-bond donors (Lipinski definition) is 2. The topological polar surface area (TPSA) is 196 Å². The lowest BCUT2D eigenvalue weighted by molar-refractivity contribution is -0.151. The van der Waals surface area contributed by atoms with Crippen molar-refractivity contribution in [3.05, 3.63) is 0 Å². The van der Waals surface area contributed by atoms with E-state index in [1.165, 1.54) is 116 Å². The summed E-state index contributed by atoms with van der Waals surface area (Å²) in [5.41, 5.74) is 0. The Morgan fingerprint density at radius 1 is 0.322 bits per heavy atom. The molecule has 4 saturated carbocycles. The maximum atomic E-state index is 12.5. The van der Waals surface area contributed by atoms with Gasteiger partial charge in [0.2, 0.25) is 0 Å². The number of rotatable bonds is 49. The van der Waals surface area contributed by atoms with E-state index in [9.17, 15) is 33.9 Å². The van der Waals surface area contributed by atoms with Crippen molar-refractivity contribution in [2.24, 2.45) is 0 Å². The molecule has 4 aliphatic carbocycles. The van der Waals surface area contributed by atoms with Crippen LogP contribution in [0.15, 0.2) is 0 Å². The van der Waals surface area contributed by atoms with Crippen LogP contribution in [-0.2, 0) is 52.5 Å². The van der Waals surface area contributed by atoms with Crippen LogP contribution < -0.4 is 0 Å². The van der Waals surface area contributed by atoms with Gasteiger partial charge >= 0.3 is 35.8 Å². The number of aliphatic hydroxyl groups excluding tert-OH is 1. The maximum absolute atomic E-state index is 12.5. The fourth-order valence-corrected chi connectivity index (χ4v) is 12.9. The Labute approximate surface area is 555 Å². The summed E-state index contributed by atoms with van der Waals surface area (Å²) in [5.74, 6) is -0.795. The number of esters is 5. The van der Waals surface area contributed by atoms with Crippen LogP contribution >= 0.6 is 12.4 Å². The van der Waals surface area contributed by atoms with Gasteiger partial charge in [0.25, 0.3) is 0 Å². The van der Waals surface area contributed by atoms with Crippen molar-refractivity contribution in [2.75, 3.05) is 41.3 Å². The van der Waals surface area contributed by atoms with Crippen LogP contribution in [0.5, 0.6) is 0 Å². The number of aliphatic carboxylic acids is 1. The van der Waals surface area contributed by atoms with Crippen molar-refractivity contribution in [2.45, 2.75) is 396 Å². The molecule has 0 radical (unpaired) electrons. The highest BCUT2D eigenvalue weighted by Crippen LogP contribution is 2.26. The predicted octanol–water partition coefficient (Wildman–Crippen LogP) is 18.4. The van der Waals surface area contributed by atoms with Gasteiger partial charge in [0.1, 0.15) is 30.5 Å². The fraction of sp³-hybridized carbons (Fsp3) is 0.919. The molecule has 15 nitrogen and oxygen atoms in total. The second-order valence-corrected chi connectivity index (χ2v) is 27.6. The highest BCUT2D eigenvalue weighted by atomic mass is 35.5. The number of nitrogens with zero attached hydrogens (tertiary/aromatic N) is 2. The van der Waals surface area contributed by atoms with Crippen LogP contribution in [0.3, 0.4) is 0 Å². The van der Waals surface area contributed by atoms with Gasteiger partial charge in [-0.15, -0.1) is 12.4 Å². The van der Waals surface area contributed by atoms with E-state index in [0.29, 0.717) is 32.1 Å². The van der Waals surface area contributed by atoms with Crippen molar-refractivity contribution < 1.29 is 62.7 Å². The summed E-state index contributed by atoms with van der Waals surface area (Å²) in [7, 11) is 7.92. The SMILES string of the molecule is CN(C)CCCC(=O)O.CN(C)CCCC(=O)OC(CCCCCCCCC(=O)OC1CCCCC1)CCCCCCCCC(=O)OC1CCCCC1.Cl.O=C(CCCCCCCCC(O)CCCCCCCCC(=O)OC1CCCCC1)OC1CCCCC1. The van der Waals surface area contributed by atoms with Gasteiger partial charge in [0, 0.05) is 38.5 Å². The molecule has 2 N–H and O–H groups in total. The average molecular weight is 1300 g/mol. The molecule has 0 heterocycles. The highest BCUT2D eigenvalue weighted by molar-refractivity contribution is 5.85. The first-order chi connectivity index (χ1) is 43.2. The lowest BCUT2D eigenvalue weighted by Crippen LogP contribution is -2.20. The average Bonchev–Trinajstić information content (AvgIpc) is 3.68. The number of aliphatic hydroxyl groups is 1. The summed E-state index contributed by atoms with van der Waals surface area (Å²) in [6, 6.07) is 0. The van der Waals surface area contributed by atoms with Crippen molar-refractivity contribution in [3.63, 3.8) is 0 Å².